The zero-order valence-corrected chi connectivity index (χ0v) is 25.9. The lowest BCUT2D eigenvalue weighted by Gasteiger charge is -2.15. The summed E-state index contributed by atoms with van der Waals surface area (Å²) in [5.74, 6) is 0.948. The van der Waals surface area contributed by atoms with Crippen molar-refractivity contribution in [1.29, 1.82) is 0 Å². The molecule has 5 nitrogen and oxygen atoms in total. The predicted molar refractivity (Wildman–Crippen MR) is 175 cm³/mol. The summed E-state index contributed by atoms with van der Waals surface area (Å²) in [6.07, 6.45) is 0. The third kappa shape index (κ3) is 11.3. The Balaban J connectivity index is 0.000000229. The third-order valence-corrected chi connectivity index (χ3v) is 6.74. The Kier molecular flexibility index (Phi) is 13.7. The van der Waals surface area contributed by atoms with Gasteiger partial charge in [-0.1, -0.05) is 125 Å². The number of carbonyl (C=O) groups is 2. The minimum atomic E-state index is -0.113. The molecule has 5 aromatic rings. The summed E-state index contributed by atoms with van der Waals surface area (Å²) >= 11 is 3.36. The number of halogens is 1. The molecule has 0 spiro atoms. The van der Waals surface area contributed by atoms with E-state index in [0.29, 0.717) is 35.8 Å². The maximum atomic E-state index is 12.1. The number of carbonyl (C=O) groups excluding carboxylic acids is 2. The number of ketones is 2. The zero-order chi connectivity index (χ0) is 30.9. The van der Waals surface area contributed by atoms with E-state index < -0.39 is 0 Å². The van der Waals surface area contributed by atoms with E-state index in [0.717, 1.165) is 16.5 Å². The van der Waals surface area contributed by atoms with Crippen molar-refractivity contribution in [1.82, 2.24) is 0 Å². The Morgan fingerprint density at radius 3 is 1.33 bits per heavy atom. The number of ether oxygens (including phenoxy) is 2. The summed E-state index contributed by atoms with van der Waals surface area (Å²) in [6.45, 7) is 3.77. The normalized spacial score (nSPS) is 9.84. The van der Waals surface area contributed by atoms with E-state index in [-0.39, 0.29) is 17.3 Å². The minimum Gasteiger partial charge on any atom is -0.507 e. The summed E-state index contributed by atoms with van der Waals surface area (Å²) in [4.78, 5) is 22.9. The molecule has 0 bridgehead atoms. The maximum absolute atomic E-state index is 12.1. The van der Waals surface area contributed by atoms with Gasteiger partial charge in [-0.3, -0.25) is 9.59 Å². The van der Waals surface area contributed by atoms with Crippen molar-refractivity contribution in [3.05, 3.63) is 161 Å². The van der Waals surface area contributed by atoms with E-state index in [2.05, 4.69) is 28.1 Å². The molecule has 0 unspecified atom stereocenters. The number of rotatable bonds is 9. The second-order valence-electron chi connectivity index (χ2n) is 9.43. The van der Waals surface area contributed by atoms with Crippen LogP contribution in [0.3, 0.4) is 0 Å². The summed E-state index contributed by atoms with van der Waals surface area (Å²) in [5.41, 5.74) is 4.28. The van der Waals surface area contributed by atoms with Crippen LogP contribution in [-0.2, 0) is 18.5 Å². The Morgan fingerprint density at radius 1 is 0.558 bits per heavy atom. The number of phenols is 1. The first-order valence-electron chi connectivity index (χ1n) is 13.7. The van der Waals surface area contributed by atoms with Gasteiger partial charge in [0.15, 0.2) is 11.6 Å². The molecule has 0 atom stereocenters. The van der Waals surface area contributed by atoms with E-state index in [1.165, 1.54) is 25.5 Å². The van der Waals surface area contributed by atoms with Gasteiger partial charge >= 0.3 is 0 Å². The highest BCUT2D eigenvalue weighted by molar-refractivity contribution is 9.08. The molecule has 6 heteroatoms. The van der Waals surface area contributed by atoms with Crippen LogP contribution < -0.4 is 9.47 Å². The van der Waals surface area contributed by atoms with Crippen molar-refractivity contribution >= 4 is 27.5 Å². The van der Waals surface area contributed by atoms with Crippen molar-refractivity contribution in [2.75, 3.05) is 0 Å². The predicted octanol–water partition coefficient (Wildman–Crippen LogP) is 9.22. The molecule has 43 heavy (non-hydrogen) atoms. The van der Waals surface area contributed by atoms with Gasteiger partial charge in [0.2, 0.25) is 0 Å². The molecule has 0 saturated heterocycles. The van der Waals surface area contributed by atoms with Gasteiger partial charge in [-0.15, -0.1) is 0 Å². The topological polar surface area (TPSA) is 72.8 Å². The van der Waals surface area contributed by atoms with E-state index in [1.807, 2.05) is 84.9 Å². The quantitative estimate of drug-likeness (QED) is 0.129. The number of para-hydroxylation sites is 1. The highest BCUT2D eigenvalue weighted by Gasteiger charge is 2.16. The van der Waals surface area contributed by atoms with Crippen LogP contribution in [0.15, 0.2) is 133 Å². The van der Waals surface area contributed by atoms with Gasteiger partial charge in [-0.25, -0.2) is 0 Å². The molecule has 0 heterocycles. The van der Waals surface area contributed by atoms with Gasteiger partial charge in [-0.2, -0.15) is 0 Å². The van der Waals surface area contributed by atoms with E-state index in [9.17, 15) is 9.59 Å². The molecule has 1 N–H and O–H groups in total. The molecule has 0 aliphatic heterocycles. The molecule has 5 aromatic carbocycles. The van der Waals surface area contributed by atoms with Crippen molar-refractivity contribution < 1.29 is 24.2 Å². The number of alkyl halides is 1. The third-order valence-electron chi connectivity index (χ3n) is 6.09. The largest absolute Gasteiger partial charge is 0.507 e. The van der Waals surface area contributed by atoms with Crippen LogP contribution in [0.2, 0.25) is 0 Å². The van der Waals surface area contributed by atoms with Crippen molar-refractivity contribution in [2.24, 2.45) is 0 Å². The number of phenolic OH excluding ortho intramolecular Hbond substituents is 1. The minimum absolute atomic E-state index is 0.0509. The fourth-order valence-electron chi connectivity index (χ4n) is 3.91. The SMILES string of the molecule is BrCc1ccccc1.CC(=O)c1c(OCc2ccccc2)cccc1OCc1ccccc1.CC(=O)c1ccccc1O. The zero-order valence-electron chi connectivity index (χ0n) is 24.3. The van der Waals surface area contributed by atoms with Crippen molar-refractivity contribution in [3.8, 4) is 17.2 Å². The number of hydrogen-bond acceptors (Lipinski definition) is 5. The van der Waals surface area contributed by atoms with E-state index >= 15 is 0 Å². The average molecular weight is 640 g/mol. The Labute approximate surface area is 261 Å². The Bertz CT molecular complexity index is 1490. The molecule has 220 valence electrons. The molecule has 0 aliphatic rings. The fourth-order valence-corrected chi connectivity index (χ4v) is 4.28. The smallest absolute Gasteiger partial charge is 0.167 e. The number of Topliss-reactive ketones (excluding diaryl/α,β-unsaturated/α-hetero) is 2. The van der Waals surface area contributed by atoms with Crippen LogP contribution in [0.1, 0.15) is 51.3 Å². The second-order valence-corrected chi connectivity index (χ2v) is 9.99. The summed E-state index contributed by atoms with van der Waals surface area (Å²) < 4.78 is 11.8. The van der Waals surface area contributed by atoms with Crippen LogP contribution in [-0.4, -0.2) is 16.7 Å². The standard InChI is InChI=1S/C22H20O3.C8H8O2.C7H7Br/c1-17(23)22-20(24-15-18-9-4-2-5-10-18)13-8-14-21(22)25-16-19-11-6-3-7-12-19;1-6(9)7-4-2-3-5-8(7)10;8-6-7-4-2-1-3-5-7/h2-14H,15-16H2,1H3;2-5,10H,1H3;1-5H,6H2. The first-order chi connectivity index (χ1) is 20.9. The van der Waals surface area contributed by atoms with Crippen molar-refractivity contribution in [2.45, 2.75) is 32.4 Å². The summed E-state index contributed by atoms with van der Waals surface area (Å²) in [5, 5.41) is 10.0. The molecule has 0 aromatic heterocycles. The van der Waals surface area contributed by atoms with E-state index in [1.54, 1.807) is 30.3 Å². The van der Waals surface area contributed by atoms with Crippen molar-refractivity contribution in [3.63, 3.8) is 0 Å². The molecule has 0 amide bonds. The fraction of sp³-hybridized carbons (Fsp3) is 0.135. The summed E-state index contributed by atoms with van der Waals surface area (Å²) in [7, 11) is 0. The number of benzene rings is 5. The average Bonchev–Trinajstić information content (AvgIpc) is 3.04. The molecule has 0 saturated carbocycles. The lowest BCUT2D eigenvalue weighted by Crippen LogP contribution is -2.05. The van der Waals surface area contributed by atoms with Crippen LogP contribution >= 0.6 is 15.9 Å². The van der Waals surface area contributed by atoms with Crippen LogP contribution in [0.5, 0.6) is 17.2 Å². The molecule has 0 fully saturated rings. The number of aromatic hydroxyl groups is 1. The number of hydrogen-bond donors (Lipinski definition) is 1. The van der Waals surface area contributed by atoms with Crippen LogP contribution in [0, 0.1) is 0 Å². The second kappa shape index (κ2) is 18.0. The highest BCUT2D eigenvalue weighted by Crippen LogP contribution is 2.30. The van der Waals surface area contributed by atoms with E-state index in [4.69, 9.17) is 14.6 Å². The van der Waals surface area contributed by atoms with Gasteiger partial charge in [0.25, 0.3) is 0 Å². The maximum Gasteiger partial charge on any atom is 0.167 e. The van der Waals surface area contributed by atoms with Gasteiger partial charge in [-0.05, 0) is 54.8 Å². The lowest BCUT2D eigenvalue weighted by molar-refractivity contribution is 0.0998. The summed E-state index contributed by atoms with van der Waals surface area (Å²) in [6, 6.07) is 41.9. The molecule has 5 rings (SSSR count). The molecular formula is C37H35BrO5. The lowest BCUT2D eigenvalue weighted by atomic mass is 10.1. The highest BCUT2D eigenvalue weighted by atomic mass is 79.9. The van der Waals surface area contributed by atoms with Gasteiger partial charge in [0, 0.05) is 5.33 Å². The van der Waals surface area contributed by atoms with Crippen LogP contribution in [0.4, 0.5) is 0 Å². The van der Waals surface area contributed by atoms with Gasteiger partial charge in [0.05, 0.1) is 5.56 Å². The molecular weight excluding hydrogens is 604 g/mol. The molecule has 0 radical (unpaired) electrons. The monoisotopic (exact) mass is 638 g/mol. The Hall–Kier alpha value is -4.68. The Morgan fingerprint density at radius 2 is 0.977 bits per heavy atom. The van der Waals surface area contributed by atoms with Gasteiger partial charge < -0.3 is 14.6 Å². The van der Waals surface area contributed by atoms with Crippen LogP contribution in [0.25, 0.3) is 0 Å². The first-order valence-corrected chi connectivity index (χ1v) is 14.9. The molecule has 0 aliphatic carbocycles. The van der Waals surface area contributed by atoms with Gasteiger partial charge in [0.1, 0.15) is 36.0 Å². The first kappa shape index (κ1) is 32.8.